The van der Waals surface area contributed by atoms with Crippen LogP contribution in [0, 0.1) is 16.7 Å². The molecule has 4 nitrogen and oxygen atoms in total. The van der Waals surface area contributed by atoms with Gasteiger partial charge in [0.2, 0.25) is 0 Å². The van der Waals surface area contributed by atoms with Crippen LogP contribution in [0.2, 0.25) is 0 Å². The number of carbonyl (C=O) groups is 2. The Morgan fingerprint density at radius 1 is 0.957 bits per heavy atom. The molecule has 0 fully saturated rings. The van der Waals surface area contributed by atoms with Crippen molar-refractivity contribution in [2.45, 2.75) is 93.4 Å². The molecule has 0 saturated carbocycles. The Balaban J connectivity index is 3.98. The van der Waals surface area contributed by atoms with E-state index in [2.05, 4.69) is 32.6 Å². The van der Waals surface area contributed by atoms with Crippen molar-refractivity contribution in [2.24, 2.45) is 16.7 Å². The van der Waals surface area contributed by atoms with Crippen LogP contribution in [0.15, 0.2) is 0 Å². The third-order valence-electron chi connectivity index (χ3n) is 4.50. The Bertz CT molecular complexity index is 366. The zero-order chi connectivity index (χ0) is 18.1. The van der Waals surface area contributed by atoms with E-state index in [4.69, 9.17) is 4.89 Å². The fourth-order valence-corrected chi connectivity index (χ4v) is 2.33. The normalized spacial score (nSPS) is 13.5. The Hall–Kier alpha value is -1.06. The highest BCUT2D eigenvalue weighted by molar-refractivity contribution is 5.77. The molecule has 136 valence electrons. The molecule has 4 heteroatoms. The summed E-state index contributed by atoms with van der Waals surface area (Å²) in [5.74, 6) is -0.760. The average Bonchev–Trinajstić information content (AvgIpc) is 2.43. The van der Waals surface area contributed by atoms with Gasteiger partial charge in [-0.05, 0) is 44.4 Å². The molecule has 0 aliphatic heterocycles. The smallest absolute Gasteiger partial charge is 0.247 e. The first kappa shape index (κ1) is 21.9. The van der Waals surface area contributed by atoms with E-state index in [0.29, 0.717) is 11.8 Å². The van der Waals surface area contributed by atoms with Gasteiger partial charge in [-0.1, -0.05) is 53.9 Å². The summed E-state index contributed by atoms with van der Waals surface area (Å²) in [6.07, 6.45) is 6.22. The van der Waals surface area contributed by atoms with Gasteiger partial charge in [0.15, 0.2) is 0 Å². The van der Waals surface area contributed by atoms with Crippen LogP contribution in [0.1, 0.15) is 93.4 Å². The van der Waals surface area contributed by atoms with E-state index in [1.807, 2.05) is 20.8 Å². The van der Waals surface area contributed by atoms with Crippen molar-refractivity contribution < 1.29 is 19.4 Å². The van der Waals surface area contributed by atoms with Crippen LogP contribution in [-0.2, 0) is 19.4 Å². The second-order valence-corrected chi connectivity index (χ2v) is 8.36. The molecule has 0 bridgehead atoms. The van der Waals surface area contributed by atoms with Crippen molar-refractivity contribution in [3.63, 3.8) is 0 Å². The van der Waals surface area contributed by atoms with E-state index in [-0.39, 0.29) is 5.92 Å². The van der Waals surface area contributed by atoms with E-state index in [1.54, 1.807) is 0 Å². The minimum Gasteiger partial charge on any atom is -0.247 e. The minimum atomic E-state index is -0.650. The Labute approximate surface area is 142 Å². The molecular weight excluding hydrogens is 292 g/mol. The van der Waals surface area contributed by atoms with E-state index < -0.39 is 17.4 Å². The summed E-state index contributed by atoms with van der Waals surface area (Å²) in [5.41, 5.74) is -0.320. The van der Waals surface area contributed by atoms with E-state index in [9.17, 15) is 9.59 Å². The molecule has 23 heavy (non-hydrogen) atoms. The molecule has 0 radical (unpaired) electrons. The van der Waals surface area contributed by atoms with E-state index in [1.165, 1.54) is 0 Å². The highest BCUT2D eigenvalue weighted by atomic mass is 17.2. The summed E-state index contributed by atoms with van der Waals surface area (Å²) >= 11 is 0. The van der Waals surface area contributed by atoms with Crippen molar-refractivity contribution in [3.05, 3.63) is 0 Å². The summed E-state index contributed by atoms with van der Waals surface area (Å²) < 4.78 is 0. The molecule has 0 aliphatic rings. The number of hydrogen-bond donors (Lipinski definition) is 0. The maximum atomic E-state index is 12.1. The van der Waals surface area contributed by atoms with Gasteiger partial charge in [-0.3, -0.25) is 0 Å². The van der Waals surface area contributed by atoms with Crippen molar-refractivity contribution in [2.75, 3.05) is 0 Å². The van der Waals surface area contributed by atoms with Crippen LogP contribution >= 0.6 is 0 Å². The first-order chi connectivity index (χ1) is 10.5. The van der Waals surface area contributed by atoms with Gasteiger partial charge in [-0.15, -0.1) is 0 Å². The second kappa shape index (κ2) is 9.94. The fourth-order valence-electron chi connectivity index (χ4n) is 2.33. The Morgan fingerprint density at radius 3 is 2.09 bits per heavy atom. The zero-order valence-corrected chi connectivity index (χ0v) is 16.2. The topological polar surface area (TPSA) is 52.6 Å². The summed E-state index contributed by atoms with van der Waals surface area (Å²) in [6.45, 7) is 14.4. The van der Waals surface area contributed by atoms with Gasteiger partial charge >= 0.3 is 11.9 Å². The van der Waals surface area contributed by atoms with Gasteiger partial charge in [0, 0.05) is 0 Å². The molecular formula is C19H36O4. The van der Waals surface area contributed by atoms with Crippen LogP contribution in [0.5, 0.6) is 0 Å². The lowest BCUT2D eigenvalue weighted by molar-refractivity contribution is -0.267. The molecule has 0 aromatic heterocycles. The lowest BCUT2D eigenvalue weighted by Crippen LogP contribution is -2.33. The maximum Gasteiger partial charge on any atom is 0.361 e. The Morgan fingerprint density at radius 2 is 1.57 bits per heavy atom. The molecule has 0 saturated heterocycles. The monoisotopic (exact) mass is 328 g/mol. The summed E-state index contributed by atoms with van der Waals surface area (Å²) in [6, 6.07) is 0. The highest BCUT2D eigenvalue weighted by Gasteiger charge is 2.36. The second-order valence-electron chi connectivity index (χ2n) is 8.36. The van der Waals surface area contributed by atoms with Crippen LogP contribution in [-0.4, -0.2) is 11.9 Å². The van der Waals surface area contributed by atoms with Gasteiger partial charge in [-0.25, -0.2) is 19.4 Å². The molecule has 0 amide bonds. The molecule has 0 aromatic rings. The number of rotatable bonds is 9. The fraction of sp³-hybridized carbons (Fsp3) is 0.895. The van der Waals surface area contributed by atoms with Crippen molar-refractivity contribution in [1.29, 1.82) is 0 Å². The SMILES string of the molecule is CCCC(C)C(C)(C)C(=O)OOC(=O)CCCCCC(C)(C)C. The van der Waals surface area contributed by atoms with Crippen LogP contribution in [0.4, 0.5) is 0 Å². The van der Waals surface area contributed by atoms with Crippen molar-refractivity contribution in [1.82, 2.24) is 0 Å². The zero-order valence-electron chi connectivity index (χ0n) is 16.2. The van der Waals surface area contributed by atoms with Crippen molar-refractivity contribution >= 4 is 11.9 Å². The molecule has 0 rings (SSSR count). The molecule has 0 N–H and O–H groups in total. The number of hydrogen-bond acceptors (Lipinski definition) is 4. The molecule has 0 heterocycles. The molecule has 1 atom stereocenters. The van der Waals surface area contributed by atoms with Crippen LogP contribution in [0.3, 0.4) is 0 Å². The largest absolute Gasteiger partial charge is 0.361 e. The quantitative estimate of drug-likeness (QED) is 0.321. The van der Waals surface area contributed by atoms with Gasteiger partial charge in [0.25, 0.3) is 0 Å². The first-order valence-electron chi connectivity index (χ1n) is 8.92. The number of carbonyl (C=O) groups excluding carboxylic acids is 2. The minimum absolute atomic E-state index is 0.177. The molecule has 0 aromatic carbocycles. The molecule has 0 aliphatic carbocycles. The molecule has 0 spiro atoms. The van der Waals surface area contributed by atoms with E-state index >= 15 is 0 Å². The van der Waals surface area contributed by atoms with Crippen molar-refractivity contribution in [3.8, 4) is 0 Å². The predicted molar refractivity (Wildman–Crippen MR) is 92.6 cm³/mol. The first-order valence-corrected chi connectivity index (χ1v) is 8.92. The van der Waals surface area contributed by atoms with E-state index in [0.717, 1.165) is 38.5 Å². The lowest BCUT2D eigenvalue weighted by Gasteiger charge is -2.27. The highest BCUT2D eigenvalue weighted by Crippen LogP contribution is 2.31. The summed E-state index contributed by atoms with van der Waals surface area (Å²) in [5, 5.41) is 0. The summed E-state index contributed by atoms with van der Waals surface area (Å²) in [4.78, 5) is 33.1. The third kappa shape index (κ3) is 9.62. The van der Waals surface area contributed by atoms with Gasteiger partial charge < -0.3 is 0 Å². The average molecular weight is 328 g/mol. The standard InChI is InChI=1S/C19H36O4/c1-8-12-15(2)19(6,7)17(21)23-22-16(20)13-10-9-11-14-18(3,4)5/h15H,8-14H2,1-7H3. The van der Waals surface area contributed by atoms with Gasteiger partial charge in [-0.2, -0.15) is 0 Å². The summed E-state index contributed by atoms with van der Waals surface area (Å²) in [7, 11) is 0. The number of unbranched alkanes of at least 4 members (excludes halogenated alkanes) is 2. The maximum absolute atomic E-state index is 12.1. The third-order valence-corrected chi connectivity index (χ3v) is 4.50. The van der Waals surface area contributed by atoms with Crippen LogP contribution in [0.25, 0.3) is 0 Å². The lowest BCUT2D eigenvalue weighted by atomic mass is 9.78. The Kier molecular flexibility index (Phi) is 9.48. The predicted octanol–water partition coefficient (Wildman–Crippen LogP) is 5.45. The van der Waals surface area contributed by atoms with Gasteiger partial charge in [0.05, 0.1) is 11.8 Å². The molecule has 1 unspecified atom stereocenters. The van der Waals surface area contributed by atoms with Gasteiger partial charge in [0.1, 0.15) is 0 Å². The van der Waals surface area contributed by atoms with Crippen LogP contribution < -0.4 is 0 Å².